The van der Waals surface area contributed by atoms with Crippen LogP contribution in [0.25, 0.3) is 0 Å². The Hall–Kier alpha value is -1.83. The average molecular weight is 373 g/mol. The molecule has 1 rings (SSSR count). The second kappa shape index (κ2) is 10.9. The molecule has 0 bridgehead atoms. The Morgan fingerprint density at radius 1 is 1.32 bits per heavy atom. The number of nitrogens with one attached hydrogen (secondary N) is 2. The van der Waals surface area contributed by atoms with Gasteiger partial charge in [-0.25, -0.2) is 0 Å². The van der Waals surface area contributed by atoms with Crippen molar-refractivity contribution in [3.8, 4) is 5.75 Å². The van der Waals surface area contributed by atoms with Crippen molar-refractivity contribution in [3.05, 3.63) is 23.2 Å². The Balaban J connectivity index is 2.53. The average Bonchev–Trinajstić information content (AvgIpc) is 2.53. The second-order valence-electron chi connectivity index (χ2n) is 5.71. The van der Waals surface area contributed by atoms with Crippen LogP contribution in [0.5, 0.6) is 5.75 Å². The normalized spacial score (nSPS) is 12.0. The van der Waals surface area contributed by atoms with Gasteiger partial charge in [0.05, 0.1) is 25.3 Å². The molecule has 7 nitrogen and oxygen atoms in total. The lowest BCUT2D eigenvalue weighted by Crippen LogP contribution is -2.40. The van der Waals surface area contributed by atoms with Gasteiger partial charge in [-0.3, -0.25) is 9.59 Å². The van der Waals surface area contributed by atoms with Gasteiger partial charge in [-0.15, -0.1) is 0 Å². The van der Waals surface area contributed by atoms with Crippen LogP contribution >= 0.6 is 11.6 Å². The van der Waals surface area contributed by atoms with E-state index >= 15 is 0 Å². The molecule has 8 heteroatoms. The van der Waals surface area contributed by atoms with Gasteiger partial charge in [0.1, 0.15) is 11.8 Å². The number of rotatable bonds is 11. The molecule has 3 N–H and O–H groups in total. The number of aliphatic carboxylic acids is 1. The molecule has 0 aliphatic heterocycles. The zero-order valence-corrected chi connectivity index (χ0v) is 15.4. The van der Waals surface area contributed by atoms with E-state index in [1.165, 1.54) is 7.11 Å². The van der Waals surface area contributed by atoms with Crippen molar-refractivity contribution >= 4 is 29.2 Å². The standard InChI is InChI=1S/C17H25ClN2O5/c1-11(2)25-8-4-7-19-14(17(22)23)10-16(21)20-13-9-12(18)5-6-15(13)24-3/h5-6,9,11,14,19H,4,7-8,10H2,1-3H3,(H,20,21)(H,22,23)/t14-/m0/s1. The number of methoxy groups -OCH3 is 1. The first-order valence-corrected chi connectivity index (χ1v) is 8.42. The van der Waals surface area contributed by atoms with Gasteiger partial charge in [-0.2, -0.15) is 0 Å². The number of carboxylic acids is 1. The minimum Gasteiger partial charge on any atom is -0.495 e. The topological polar surface area (TPSA) is 96.9 Å². The summed E-state index contributed by atoms with van der Waals surface area (Å²) in [5.41, 5.74) is 0.398. The first kappa shape index (κ1) is 21.2. The minimum atomic E-state index is -1.09. The molecule has 0 fully saturated rings. The zero-order chi connectivity index (χ0) is 18.8. The molecule has 25 heavy (non-hydrogen) atoms. The smallest absolute Gasteiger partial charge is 0.321 e. The number of ether oxygens (including phenoxy) is 2. The fourth-order valence-corrected chi connectivity index (χ4v) is 2.25. The Bertz CT molecular complexity index is 580. The van der Waals surface area contributed by atoms with Crippen molar-refractivity contribution in [2.24, 2.45) is 0 Å². The molecule has 0 aliphatic carbocycles. The lowest BCUT2D eigenvalue weighted by atomic mass is 10.2. The highest BCUT2D eigenvalue weighted by molar-refractivity contribution is 6.31. The number of carboxylic acid groups (broad SMARTS) is 1. The molecule has 1 atom stereocenters. The van der Waals surface area contributed by atoms with Gasteiger partial charge >= 0.3 is 5.97 Å². The molecular weight excluding hydrogens is 348 g/mol. The van der Waals surface area contributed by atoms with Crippen LogP contribution in [0.15, 0.2) is 18.2 Å². The molecule has 0 saturated heterocycles. The summed E-state index contributed by atoms with van der Waals surface area (Å²) in [6.45, 7) is 4.84. The van der Waals surface area contributed by atoms with Gasteiger partial charge < -0.3 is 25.2 Å². The first-order valence-electron chi connectivity index (χ1n) is 8.04. The van der Waals surface area contributed by atoms with E-state index in [4.69, 9.17) is 21.1 Å². The van der Waals surface area contributed by atoms with E-state index in [1.807, 2.05) is 13.8 Å². The summed E-state index contributed by atoms with van der Waals surface area (Å²) in [5, 5.41) is 15.2. The van der Waals surface area contributed by atoms with Crippen molar-refractivity contribution in [1.29, 1.82) is 0 Å². The third-order valence-electron chi connectivity index (χ3n) is 3.29. The van der Waals surface area contributed by atoms with Gasteiger partial charge in [0.25, 0.3) is 0 Å². The molecule has 0 heterocycles. The fraction of sp³-hybridized carbons (Fsp3) is 0.529. The monoisotopic (exact) mass is 372 g/mol. The molecule has 0 aliphatic rings. The summed E-state index contributed by atoms with van der Waals surface area (Å²) in [6, 6.07) is 3.82. The van der Waals surface area contributed by atoms with Gasteiger partial charge in [0.15, 0.2) is 0 Å². The summed E-state index contributed by atoms with van der Waals surface area (Å²) >= 11 is 5.91. The Morgan fingerprint density at radius 3 is 2.64 bits per heavy atom. The first-order chi connectivity index (χ1) is 11.8. The van der Waals surface area contributed by atoms with Gasteiger partial charge in [-0.1, -0.05) is 11.6 Å². The quantitative estimate of drug-likeness (QED) is 0.516. The largest absolute Gasteiger partial charge is 0.495 e. The fourth-order valence-electron chi connectivity index (χ4n) is 2.08. The number of amides is 1. The maximum atomic E-state index is 12.1. The molecule has 0 radical (unpaired) electrons. The highest BCUT2D eigenvalue weighted by Gasteiger charge is 2.21. The summed E-state index contributed by atoms with van der Waals surface area (Å²) in [4.78, 5) is 23.5. The van der Waals surface area contributed by atoms with Crippen molar-refractivity contribution in [1.82, 2.24) is 5.32 Å². The predicted molar refractivity (Wildman–Crippen MR) is 96.4 cm³/mol. The van der Waals surface area contributed by atoms with Crippen molar-refractivity contribution < 1.29 is 24.2 Å². The Morgan fingerprint density at radius 2 is 2.04 bits per heavy atom. The van der Waals surface area contributed by atoms with Crippen LogP contribution in [0.2, 0.25) is 5.02 Å². The van der Waals surface area contributed by atoms with Gasteiger partial charge in [-0.05, 0) is 45.0 Å². The molecule has 0 saturated carbocycles. The molecule has 0 unspecified atom stereocenters. The summed E-state index contributed by atoms with van der Waals surface area (Å²) in [6.07, 6.45) is 0.579. The van der Waals surface area contributed by atoms with Crippen LogP contribution in [-0.2, 0) is 14.3 Å². The zero-order valence-electron chi connectivity index (χ0n) is 14.7. The Labute approximate surface area is 152 Å². The van der Waals surface area contributed by atoms with E-state index in [-0.39, 0.29) is 12.5 Å². The SMILES string of the molecule is COc1ccc(Cl)cc1NC(=O)C[C@H](NCCCOC(C)C)C(=O)O. The Kier molecular flexibility index (Phi) is 9.26. The maximum Gasteiger partial charge on any atom is 0.321 e. The van der Waals surface area contributed by atoms with E-state index in [1.54, 1.807) is 18.2 Å². The van der Waals surface area contributed by atoms with Gasteiger partial charge in [0.2, 0.25) is 5.91 Å². The number of anilines is 1. The van der Waals surface area contributed by atoms with Crippen LogP contribution in [0.3, 0.4) is 0 Å². The number of halogens is 1. The van der Waals surface area contributed by atoms with Crippen LogP contribution < -0.4 is 15.4 Å². The van der Waals surface area contributed by atoms with E-state index < -0.39 is 17.9 Å². The highest BCUT2D eigenvalue weighted by Crippen LogP contribution is 2.27. The van der Waals surface area contributed by atoms with Crippen molar-refractivity contribution in [2.75, 3.05) is 25.6 Å². The third-order valence-corrected chi connectivity index (χ3v) is 3.52. The van der Waals surface area contributed by atoms with Gasteiger partial charge in [0, 0.05) is 11.6 Å². The molecule has 1 aromatic rings. The van der Waals surface area contributed by atoms with E-state index in [9.17, 15) is 14.7 Å². The highest BCUT2D eigenvalue weighted by atomic mass is 35.5. The molecule has 1 amide bonds. The number of carbonyl (C=O) groups excluding carboxylic acids is 1. The van der Waals surface area contributed by atoms with Crippen molar-refractivity contribution in [2.45, 2.75) is 38.8 Å². The number of hydrogen-bond acceptors (Lipinski definition) is 5. The second-order valence-corrected chi connectivity index (χ2v) is 6.15. The van der Waals surface area contributed by atoms with Crippen molar-refractivity contribution in [3.63, 3.8) is 0 Å². The molecular formula is C17H25ClN2O5. The number of benzene rings is 1. The minimum absolute atomic E-state index is 0.133. The summed E-state index contributed by atoms with van der Waals surface area (Å²) < 4.78 is 10.5. The van der Waals surface area contributed by atoms with E-state index in [0.717, 1.165) is 0 Å². The van der Waals surface area contributed by atoms with Crippen LogP contribution in [0.1, 0.15) is 26.7 Å². The molecule has 140 valence electrons. The van der Waals surface area contributed by atoms with Crippen LogP contribution in [0.4, 0.5) is 5.69 Å². The summed E-state index contributed by atoms with van der Waals surface area (Å²) in [5.74, 6) is -1.08. The van der Waals surface area contributed by atoms with E-state index in [2.05, 4.69) is 10.6 Å². The maximum absolute atomic E-state index is 12.1. The lowest BCUT2D eigenvalue weighted by molar-refractivity contribution is -0.141. The lowest BCUT2D eigenvalue weighted by Gasteiger charge is -2.16. The molecule has 0 aromatic heterocycles. The molecule has 0 spiro atoms. The third kappa shape index (κ3) is 8.20. The van der Waals surface area contributed by atoms with Crippen LogP contribution in [-0.4, -0.2) is 49.4 Å². The predicted octanol–water partition coefficient (Wildman–Crippen LogP) is 2.54. The van der Waals surface area contributed by atoms with Crippen LogP contribution in [0, 0.1) is 0 Å². The number of carbonyl (C=O) groups is 2. The number of hydrogen-bond donors (Lipinski definition) is 3. The summed E-state index contributed by atoms with van der Waals surface area (Å²) in [7, 11) is 1.47. The van der Waals surface area contributed by atoms with E-state index in [0.29, 0.717) is 36.0 Å². The molecule has 1 aromatic carbocycles.